The molecule has 0 atom stereocenters. The van der Waals surface area contributed by atoms with Crippen LogP contribution in [0, 0.1) is 0 Å². The molecule has 0 aliphatic heterocycles. The molecule has 0 heterocycles. The van der Waals surface area contributed by atoms with E-state index in [9.17, 15) is 13.2 Å². The first kappa shape index (κ1) is 20.7. The maximum atomic E-state index is 12.4. The highest BCUT2D eigenvalue weighted by molar-refractivity contribution is 7.89. The number of rotatable bonds is 9. The molecule has 8 heteroatoms. The molecule has 0 aromatic heterocycles. The standard InChI is InChI=1S/C19H24N2O5S/c1-4-5-12-20-27(23,24)16-9-6-14(7-10-16)19(22)21-17-11-8-15(25-2)13-18(17)26-3/h6-11,13,20H,4-5,12H2,1-3H3,(H,21,22). The smallest absolute Gasteiger partial charge is 0.255 e. The number of unbranched alkanes of at least 4 members (excludes halogenated alkanes) is 1. The summed E-state index contributed by atoms with van der Waals surface area (Å²) in [4.78, 5) is 12.6. The van der Waals surface area contributed by atoms with Gasteiger partial charge in [0.1, 0.15) is 11.5 Å². The zero-order valence-electron chi connectivity index (χ0n) is 15.6. The van der Waals surface area contributed by atoms with Crippen LogP contribution in [0.5, 0.6) is 11.5 Å². The van der Waals surface area contributed by atoms with Crippen molar-refractivity contribution in [3.05, 3.63) is 48.0 Å². The van der Waals surface area contributed by atoms with Crippen LogP contribution in [0.25, 0.3) is 0 Å². The van der Waals surface area contributed by atoms with Crippen LogP contribution in [0.15, 0.2) is 47.4 Å². The second-order valence-electron chi connectivity index (χ2n) is 5.80. The largest absolute Gasteiger partial charge is 0.497 e. The summed E-state index contributed by atoms with van der Waals surface area (Å²) in [6, 6.07) is 10.8. The molecule has 0 saturated heterocycles. The lowest BCUT2D eigenvalue weighted by Crippen LogP contribution is -2.24. The highest BCUT2D eigenvalue weighted by Gasteiger charge is 2.15. The van der Waals surface area contributed by atoms with Gasteiger partial charge in [0.15, 0.2) is 0 Å². The molecule has 2 N–H and O–H groups in total. The third kappa shape index (κ3) is 5.45. The Labute approximate surface area is 159 Å². The molecule has 0 bridgehead atoms. The van der Waals surface area contributed by atoms with E-state index < -0.39 is 10.0 Å². The lowest BCUT2D eigenvalue weighted by molar-refractivity contribution is 0.102. The molecule has 0 spiro atoms. The second-order valence-corrected chi connectivity index (χ2v) is 7.56. The minimum Gasteiger partial charge on any atom is -0.497 e. The van der Waals surface area contributed by atoms with Crippen molar-refractivity contribution < 1.29 is 22.7 Å². The van der Waals surface area contributed by atoms with Gasteiger partial charge < -0.3 is 14.8 Å². The zero-order chi connectivity index (χ0) is 19.9. The maximum absolute atomic E-state index is 12.4. The molecule has 2 aromatic rings. The van der Waals surface area contributed by atoms with E-state index in [2.05, 4.69) is 10.0 Å². The van der Waals surface area contributed by atoms with Crippen LogP contribution in [0.1, 0.15) is 30.1 Å². The van der Waals surface area contributed by atoms with E-state index in [0.29, 0.717) is 29.3 Å². The van der Waals surface area contributed by atoms with Gasteiger partial charge in [-0.05, 0) is 42.8 Å². The van der Waals surface area contributed by atoms with Crippen molar-refractivity contribution in [2.45, 2.75) is 24.7 Å². The van der Waals surface area contributed by atoms with Crippen molar-refractivity contribution in [3.63, 3.8) is 0 Å². The van der Waals surface area contributed by atoms with Gasteiger partial charge in [-0.2, -0.15) is 0 Å². The van der Waals surface area contributed by atoms with Gasteiger partial charge in [-0.25, -0.2) is 13.1 Å². The van der Waals surface area contributed by atoms with Crippen LogP contribution >= 0.6 is 0 Å². The molecule has 27 heavy (non-hydrogen) atoms. The lowest BCUT2D eigenvalue weighted by atomic mass is 10.2. The summed E-state index contributed by atoms with van der Waals surface area (Å²) in [6.45, 7) is 2.37. The molecule has 2 aromatic carbocycles. The summed E-state index contributed by atoms with van der Waals surface area (Å²) < 4.78 is 37.3. The summed E-state index contributed by atoms with van der Waals surface area (Å²) in [6.07, 6.45) is 1.67. The Morgan fingerprint density at radius 2 is 1.74 bits per heavy atom. The highest BCUT2D eigenvalue weighted by Crippen LogP contribution is 2.29. The molecule has 146 valence electrons. The van der Waals surface area contributed by atoms with Gasteiger partial charge >= 0.3 is 0 Å². The number of amides is 1. The Bertz CT molecular complexity index is 879. The molecule has 0 fully saturated rings. The fraction of sp³-hybridized carbons (Fsp3) is 0.316. The second kappa shape index (κ2) is 9.38. The number of hydrogen-bond acceptors (Lipinski definition) is 5. The normalized spacial score (nSPS) is 11.1. The number of carbonyl (C=O) groups excluding carboxylic acids is 1. The van der Waals surface area contributed by atoms with E-state index >= 15 is 0 Å². The van der Waals surface area contributed by atoms with Crippen LogP contribution in [-0.4, -0.2) is 35.1 Å². The molecule has 0 unspecified atom stereocenters. The van der Waals surface area contributed by atoms with Crippen LogP contribution < -0.4 is 19.5 Å². The number of ether oxygens (including phenoxy) is 2. The summed E-state index contributed by atoms with van der Waals surface area (Å²) in [5.74, 6) is 0.693. The number of nitrogens with one attached hydrogen (secondary N) is 2. The SMILES string of the molecule is CCCCNS(=O)(=O)c1ccc(C(=O)Nc2ccc(OC)cc2OC)cc1. The fourth-order valence-corrected chi connectivity index (χ4v) is 3.42. The fourth-order valence-electron chi connectivity index (χ4n) is 2.35. The number of methoxy groups -OCH3 is 2. The number of hydrogen-bond donors (Lipinski definition) is 2. The van der Waals surface area contributed by atoms with E-state index in [-0.39, 0.29) is 10.8 Å². The van der Waals surface area contributed by atoms with Gasteiger partial charge in [-0.1, -0.05) is 13.3 Å². The van der Waals surface area contributed by atoms with Crippen molar-refractivity contribution in [3.8, 4) is 11.5 Å². The van der Waals surface area contributed by atoms with Gasteiger partial charge in [0.05, 0.1) is 24.8 Å². The summed E-state index contributed by atoms with van der Waals surface area (Å²) in [7, 11) is -0.531. The van der Waals surface area contributed by atoms with Crippen LogP contribution in [0.3, 0.4) is 0 Å². The summed E-state index contributed by atoms with van der Waals surface area (Å²) >= 11 is 0. The molecule has 2 rings (SSSR count). The Hall–Kier alpha value is -2.58. The summed E-state index contributed by atoms with van der Waals surface area (Å²) in [5.41, 5.74) is 0.821. The van der Waals surface area contributed by atoms with Gasteiger partial charge in [0.25, 0.3) is 5.91 Å². The topological polar surface area (TPSA) is 93.7 Å². The third-order valence-electron chi connectivity index (χ3n) is 3.91. The van der Waals surface area contributed by atoms with Crippen LogP contribution in [0.2, 0.25) is 0 Å². The molecule has 0 radical (unpaired) electrons. The molecule has 0 saturated carbocycles. The van der Waals surface area contributed by atoms with E-state index in [0.717, 1.165) is 12.8 Å². The third-order valence-corrected chi connectivity index (χ3v) is 5.38. The molecular weight excluding hydrogens is 368 g/mol. The van der Waals surface area contributed by atoms with Crippen molar-refractivity contribution in [1.82, 2.24) is 4.72 Å². The zero-order valence-corrected chi connectivity index (χ0v) is 16.4. The predicted molar refractivity (Wildman–Crippen MR) is 104 cm³/mol. The molecule has 0 aliphatic rings. The van der Waals surface area contributed by atoms with E-state index in [4.69, 9.17) is 9.47 Å². The minimum absolute atomic E-state index is 0.122. The number of sulfonamides is 1. The Morgan fingerprint density at radius 3 is 2.33 bits per heavy atom. The molecule has 0 aliphatic carbocycles. The Balaban J connectivity index is 2.12. The van der Waals surface area contributed by atoms with E-state index in [1.165, 1.54) is 31.4 Å². The van der Waals surface area contributed by atoms with Gasteiger partial charge in [-0.15, -0.1) is 0 Å². The van der Waals surface area contributed by atoms with E-state index in [1.807, 2.05) is 6.92 Å². The first-order valence-electron chi connectivity index (χ1n) is 8.54. The lowest BCUT2D eigenvalue weighted by Gasteiger charge is -2.12. The van der Waals surface area contributed by atoms with Crippen LogP contribution in [0.4, 0.5) is 5.69 Å². The quantitative estimate of drug-likeness (QED) is 0.640. The van der Waals surface area contributed by atoms with Crippen molar-refractivity contribution in [2.24, 2.45) is 0 Å². The molecule has 7 nitrogen and oxygen atoms in total. The number of anilines is 1. The van der Waals surface area contributed by atoms with Crippen molar-refractivity contribution in [2.75, 3.05) is 26.1 Å². The monoisotopic (exact) mass is 392 g/mol. The highest BCUT2D eigenvalue weighted by atomic mass is 32.2. The summed E-state index contributed by atoms with van der Waals surface area (Å²) in [5, 5.41) is 2.74. The van der Waals surface area contributed by atoms with E-state index in [1.54, 1.807) is 25.3 Å². The average Bonchev–Trinajstić information content (AvgIpc) is 2.68. The first-order chi connectivity index (χ1) is 12.9. The molecular formula is C19H24N2O5S. The Morgan fingerprint density at radius 1 is 1.04 bits per heavy atom. The van der Waals surface area contributed by atoms with Gasteiger partial charge in [0, 0.05) is 18.2 Å². The number of benzene rings is 2. The van der Waals surface area contributed by atoms with Crippen molar-refractivity contribution in [1.29, 1.82) is 0 Å². The number of carbonyl (C=O) groups is 1. The van der Waals surface area contributed by atoms with Crippen LogP contribution in [-0.2, 0) is 10.0 Å². The van der Waals surface area contributed by atoms with Gasteiger partial charge in [-0.3, -0.25) is 4.79 Å². The maximum Gasteiger partial charge on any atom is 0.255 e. The van der Waals surface area contributed by atoms with Crippen molar-refractivity contribution >= 4 is 21.6 Å². The predicted octanol–water partition coefficient (Wildman–Crippen LogP) is 3.03. The minimum atomic E-state index is -3.57. The molecule has 1 amide bonds. The van der Waals surface area contributed by atoms with Gasteiger partial charge in [0.2, 0.25) is 10.0 Å². The Kier molecular flexibility index (Phi) is 7.20. The first-order valence-corrected chi connectivity index (χ1v) is 10.0. The average molecular weight is 392 g/mol.